The summed E-state index contributed by atoms with van der Waals surface area (Å²) >= 11 is 0. The van der Waals surface area contributed by atoms with Gasteiger partial charge in [0.05, 0.1) is 5.69 Å². The third kappa shape index (κ3) is 5.73. The number of furan rings is 1. The minimum atomic E-state index is -0.143. The summed E-state index contributed by atoms with van der Waals surface area (Å²) in [5.74, 6) is 0.821. The van der Waals surface area contributed by atoms with Crippen LogP contribution < -0.4 is 4.90 Å². The van der Waals surface area contributed by atoms with Crippen LogP contribution in [-0.4, -0.2) is 0 Å². The largest absolute Gasteiger partial charge is 0.455 e. The molecule has 0 unspecified atom stereocenters. The van der Waals surface area contributed by atoms with E-state index in [4.69, 9.17) is 4.42 Å². The molecule has 2 heteroatoms. The van der Waals surface area contributed by atoms with E-state index in [1.807, 2.05) is 12.2 Å². The third-order valence-corrected chi connectivity index (χ3v) is 12.4. The molecule has 0 fully saturated rings. The number of rotatable bonds is 7. The highest BCUT2D eigenvalue weighted by Crippen LogP contribution is 2.52. The van der Waals surface area contributed by atoms with Gasteiger partial charge in [-0.3, -0.25) is 0 Å². The Bertz CT molecular complexity index is 3150. The molecule has 0 N–H and O–H groups in total. The van der Waals surface area contributed by atoms with Crippen LogP contribution in [-0.2, 0) is 5.41 Å². The molecule has 0 radical (unpaired) electrons. The van der Waals surface area contributed by atoms with E-state index in [1.54, 1.807) is 0 Å². The molecule has 1 aromatic heterocycles. The molecule has 1 heterocycles. The lowest BCUT2D eigenvalue weighted by Crippen LogP contribution is -2.17. The maximum atomic E-state index is 6.43. The lowest BCUT2D eigenvalue weighted by Gasteiger charge is -2.30. The fourth-order valence-corrected chi connectivity index (χ4v) is 9.54. The van der Waals surface area contributed by atoms with Crippen molar-refractivity contribution in [3.05, 3.63) is 215 Å². The van der Waals surface area contributed by atoms with E-state index in [2.05, 4.69) is 206 Å². The summed E-state index contributed by atoms with van der Waals surface area (Å²) in [5, 5.41) is 1.08. The van der Waals surface area contributed by atoms with Gasteiger partial charge in [-0.05, 0) is 98.8 Å². The van der Waals surface area contributed by atoms with Gasteiger partial charge >= 0.3 is 0 Å². The van der Waals surface area contributed by atoms with Gasteiger partial charge < -0.3 is 9.32 Å². The van der Waals surface area contributed by atoms with Crippen LogP contribution in [0.5, 0.6) is 0 Å². The molecule has 3 aliphatic rings. The summed E-state index contributed by atoms with van der Waals surface area (Å²) < 4.78 is 6.43. The first kappa shape index (κ1) is 34.9. The Hall–Kier alpha value is -7.34. The summed E-state index contributed by atoms with van der Waals surface area (Å²) in [6, 6.07) is 57.9. The molecule has 11 rings (SSSR count). The number of nitrogens with zero attached hydrogens (tertiary/aromatic N) is 1. The zero-order valence-corrected chi connectivity index (χ0v) is 33.2. The number of hydrogen-bond donors (Lipinski definition) is 0. The Morgan fingerprint density at radius 2 is 1.15 bits per heavy atom. The first-order chi connectivity index (χ1) is 29.0. The number of benzene rings is 7. The van der Waals surface area contributed by atoms with E-state index in [0.29, 0.717) is 0 Å². The average molecular weight is 756 g/mol. The van der Waals surface area contributed by atoms with E-state index < -0.39 is 0 Å². The molecule has 0 bridgehead atoms. The molecule has 8 aromatic rings. The van der Waals surface area contributed by atoms with Crippen LogP contribution in [0.25, 0.3) is 73.2 Å². The van der Waals surface area contributed by atoms with Crippen molar-refractivity contribution in [2.75, 3.05) is 4.90 Å². The van der Waals surface area contributed by atoms with Gasteiger partial charge in [-0.25, -0.2) is 0 Å². The lowest BCUT2D eigenvalue weighted by atomic mass is 9.82. The van der Waals surface area contributed by atoms with Gasteiger partial charge in [-0.1, -0.05) is 171 Å². The first-order valence-electron chi connectivity index (χ1n) is 20.6. The normalized spacial score (nSPS) is 14.2. The van der Waals surface area contributed by atoms with Crippen molar-refractivity contribution in [1.82, 2.24) is 0 Å². The second-order valence-electron chi connectivity index (χ2n) is 16.2. The second kappa shape index (κ2) is 13.9. The molecule has 0 saturated carbocycles. The van der Waals surface area contributed by atoms with Gasteiger partial charge in [-0.15, -0.1) is 0 Å². The predicted octanol–water partition coefficient (Wildman–Crippen LogP) is 15.7. The van der Waals surface area contributed by atoms with E-state index in [0.717, 1.165) is 63.3 Å². The molecule has 0 spiro atoms. The quantitative estimate of drug-likeness (QED) is 0.151. The molecule has 0 atom stereocenters. The zero-order chi connectivity index (χ0) is 39.5. The number of allylic oxidation sites excluding steroid dienone is 4. The van der Waals surface area contributed by atoms with Crippen molar-refractivity contribution < 1.29 is 4.42 Å². The smallest absolute Gasteiger partial charge is 0.144 e. The third-order valence-electron chi connectivity index (χ3n) is 12.4. The fraction of sp³-hybridized carbons (Fsp3) is 0.0877. The van der Waals surface area contributed by atoms with Crippen molar-refractivity contribution in [2.24, 2.45) is 0 Å². The van der Waals surface area contributed by atoms with Gasteiger partial charge in [0.15, 0.2) is 0 Å². The molecule has 0 saturated heterocycles. The van der Waals surface area contributed by atoms with Gasteiger partial charge in [0.25, 0.3) is 0 Å². The topological polar surface area (TPSA) is 16.4 Å². The van der Waals surface area contributed by atoms with Crippen LogP contribution in [0, 0.1) is 0 Å². The number of fused-ring (bicyclic) bond motifs is 6. The fourth-order valence-electron chi connectivity index (χ4n) is 9.54. The summed E-state index contributed by atoms with van der Waals surface area (Å²) in [7, 11) is 0. The van der Waals surface area contributed by atoms with Gasteiger partial charge in [0.1, 0.15) is 11.3 Å². The molecule has 2 nitrogen and oxygen atoms in total. The van der Waals surface area contributed by atoms with Crippen LogP contribution in [0.3, 0.4) is 0 Å². The average Bonchev–Trinajstić information content (AvgIpc) is 3.79. The Balaban J connectivity index is 1.09. The molecule has 7 aromatic carbocycles. The summed E-state index contributed by atoms with van der Waals surface area (Å²) in [6.07, 6.45) is 12.9. The molecule has 3 aliphatic carbocycles. The van der Waals surface area contributed by atoms with Crippen molar-refractivity contribution in [3.63, 3.8) is 0 Å². The number of para-hydroxylation sites is 2. The molecule has 59 heavy (non-hydrogen) atoms. The highest BCUT2D eigenvalue weighted by atomic mass is 16.3. The van der Waals surface area contributed by atoms with Crippen molar-refractivity contribution in [3.8, 4) is 44.5 Å². The van der Waals surface area contributed by atoms with E-state index >= 15 is 0 Å². The highest BCUT2D eigenvalue weighted by molar-refractivity contribution is 6.01. The standard InChI is InChI=1S/C57H41NO/c1-57(2)52-28-13-10-23-47(52)48-36-35-41(37-53(48)57)58(40-33-31-39(32-34-40)43-26-16-27-51-50-25-12-15-30-55(50)59-56(43)51)54-29-14-11-24-49(54)46-22-9-8-21-45(46)44-20-7-6-19-42(44)38-17-4-3-5-18-38/h4,6-11,13-14,16-37H,3,5H2,1-2H3. The van der Waals surface area contributed by atoms with Gasteiger partial charge in [0, 0.05) is 51.0 Å². The van der Waals surface area contributed by atoms with Crippen molar-refractivity contribution >= 4 is 45.8 Å². The monoisotopic (exact) mass is 755 g/mol. The number of anilines is 3. The zero-order valence-electron chi connectivity index (χ0n) is 33.2. The van der Waals surface area contributed by atoms with E-state index in [-0.39, 0.29) is 5.41 Å². The van der Waals surface area contributed by atoms with E-state index in [1.165, 1.54) is 55.6 Å². The number of hydrogen-bond acceptors (Lipinski definition) is 2. The summed E-state index contributed by atoms with van der Waals surface area (Å²) in [4.78, 5) is 2.45. The van der Waals surface area contributed by atoms with Gasteiger partial charge in [-0.2, -0.15) is 0 Å². The minimum absolute atomic E-state index is 0.143. The van der Waals surface area contributed by atoms with E-state index in [9.17, 15) is 0 Å². The Morgan fingerprint density at radius 1 is 0.525 bits per heavy atom. The maximum absolute atomic E-state index is 6.43. The van der Waals surface area contributed by atoms with Crippen LogP contribution >= 0.6 is 0 Å². The maximum Gasteiger partial charge on any atom is 0.144 e. The Labute approximate surface area is 345 Å². The Kier molecular flexibility index (Phi) is 8.24. The van der Waals surface area contributed by atoms with Crippen LogP contribution in [0.1, 0.15) is 54.7 Å². The second-order valence-corrected chi connectivity index (χ2v) is 16.2. The predicted molar refractivity (Wildman–Crippen MR) is 247 cm³/mol. The SMILES string of the molecule is CC1(C)c2ccccc2-c2ccc(N(c3ccc(-c4cccc5c6c(oc45)C=C=C=C6)cc3)c3ccccc3-c3ccccc3-c3ccccc3C3=CCCC=C3)cc21. The van der Waals surface area contributed by atoms with Gasteiger partial charge in [0.2, 0.25) is 0 Å². The minimum Gasteiger partial charge on any atom is -0.455 e. The molecular formula is C57H41NO. The van der Waals surface area contributed by atoms with Crippen LogP contribution in [0.4, 0.5) is 17.1 Å². The first-order valence-corrected chi connectivity index (χ1v) is 20.6. The summed E-state index contributed by atoms with van der Waals surface area (Å²) in [5.41, 5.74) is 26.1. The lowest BCUT2D eigenvalue weighted by molar-refractivity contribution is 0.604. The van der Waals surface area contributed by atoms with Crippen LogP contribution in [0.2, 0.25) is 0 Å². The summed E-state index contributed by atoms with van der Waals surface area (Å²) in [6.45, 7) is 4.71. The molecular weight excluding hydrogens is 715 g/mol. The molecule has 0 amide bonds. The molecule has 0 aliphatic heterocycles. The van der Waals surface area contributed by atoms with Crippen molar-refractivity contribution in [2.45, 2.75) is 32.1 Å². The highest BCUT2D eigenvalue weighted by Gasteiger charge is 2.36. The Morgan fingerprint density at radius 3 is 1.93 bits per heavy atom. The van der Waals surface area contributed by atoms with Crippen LogP contribution in [0.15, 0.2) is 192 Å². The molecule has 280 valence electrons. The van der Waals surface area contributed by atoms with Crippen molar-refractivity contribution in [1.29, 1.82) is 0 Å².